The average molecular weight is 539 g/mol. The number of aliphatic hydroxyl groups is 1. The van der Waals surface area contributed by atoms with Gasteiger partial charge in [0.1, 0.15) is 0 Å². The molecule has 3 heterocycles. The molecule has 39 heavy (non-hydrogen) atoms. The number of hydrogen-bond donors (Lipinski definition) is 2. The van der Waals surface area contributed by atoms with Gasteiger partial charge in [0.2, 0.25) is 0 Å². The van der Waals surface area contributed by atoms with E-state index in [1.165, 1.54) is 29.2 Å². The summed E-state index contributed by atoms with van der Waals surface area (Å²) in [6.45, 7) is 3.25. The Kier molecular flexibility index (Phi) is 7.18. The first-order chi connectivity index (χ1) is 18.6. The molecule has 1 saturated carbocycles. The van der Waals surface area contributed by atoms with Crippen LogP contribution < -0.4 is 5.32 Å². The van der Waals surface area contributed by atoms with Gasteiger partial charge in [-0.05, 0) is 75.4 Å². The maximum Gasteiger partial charge on any atom is 0.416 e. The van der Waals surface area contributed by atoms with E-state index in [1.807, 2.05) is 0 Å². The third-order valence-electron chi connectivity index (χ3n) is 7.94. The summed E-state index contributed by atoms with van der Waals surface area (Å²) in [5, 5.41) is 26.9. The molecular formula is C28H29F3N6O2. The molecule has 0 bridgehead atoms. The second-order valence-electron chi connectivity index (χ2n) is 10.3. The number of amides is 1. The van der Waals surface area contributed by atoms with Gasteiger partial charge >= 0.3 is 6.18 Å². The summed E-state index contributed by atoms with van der Waals surface area (Å²) in [4.78, 5) is 19.8. The maximum atomic E-state index is 12.9. The van der Waals surface area contributed by atoms with Crippen molar-refractivity contribution in [2.24, 2.45) is 0 Å². The van der Waals surface area contributed by atoms with Gasteiger partial charge in [0.05, 0.1) is 63.9 Å². The second-order valence-corrected chi connectivity index (χ2v) is 10.3. The average Bonchev–Trinajstić information content (AvgIpc) is 3.54. The number of pyridine rings is 1. The first-order valence-electron chi connectivity index (χ1n) is 12.9. The minimum atomic E-state index is -4.43. The molecule has 0 spiro atoms. The molecule has 1 atom stereocenters. The summed E-state index contributed by atoms with van der Waals surface area (Å²) in [6.07, 6.45) is 2.09. The zero-order valence-corrected chi connectivity index (χ0v) is 21.4. The lowest BCUT2D eigenvalue weighted by Gasteiger charge is -2.38. The van der Waals surface area contributed by atoms with E-state index >= 15 is 0 Å². The molecule has 3 aromatic rings. The number of nitrogens with one attached hydrogen (secondary N) is 1. The largest absolute Gasteiger partial charge is 0.416 e. The van der Waals surface area contributed by atoms with E-state index in [0.717, 1.165) is 37.9 Å². The Morgan fingerprint density at radius 3 is 2.41 bits per heavy atom. The van der Waals surface area contributed by atoms with Crippen LogP contribution in [0.4, 0.5) is 18.9 Å². The van der Waals surface area contributed by atoms with Gasteiger partial charge in [0.15, 0.2) is 0 Å². The van der Waals surface area contributed by atoms with E-state index in [1.54, 1.807) is 19.1 Å². The quantitative estimate of drug-likeness (QED) is 0.491. The van der Waals surface area contributed by atoms with Gasteiger partial charge in [-0.3, -0.25) is 14.7 Å². The number of nitrogens with zero attached hydrogens (tertiary/aromatic N) is 5. The molecule has 0 radical (unpaired) electrons. The minimum absolute atomic E-state index is 0.264. The molecule has 1 saturated heterocycles. The highest BCUT2D eigenvalue weighted by molar-refractivity contribution is 6.04. The number of anilines is 1. The molecule has 1 amide bonds. The topological polar surface area (TPSA) is 107 Å². The SMILES string of the molecule is Cc1c(C(=O)Nc2ccc([C@]3(C#N)CC[C@@H](N4CCC(O)C4)CC3)nc2)cnn1-c1ccc(C(F)(F)F)cc1. The van der Waals surface area contributed by atoms with Gasteiger partial charge in [-0.25, -0.2) is 4.68 Å². The molecule has 2 N–H and O–H groups in total. The number of carbonyl (C=O) groups excluding carboxylic acids is 1. The van der Waals surface area contributed by atoms with Crippen LogP contribution in [0, 0.1) is 18.3 Å². The van der Waals surface area contributed by atoms with Crippen LogP contribution in [-0.2, 0) is 11.6 Å². The van der Waals surface area contributed by atoms with Crippen molar-refractivity contribution in [1.29, 1.82) is 5.26 Å². The highest BCUT2D eigenvalue weighted by Gasteiger charge is 2.41. The van der Waals surface area contributed by atoms with Crippen molar-refractivity contribution in [3.63, 3.8) is 0 Å². The Balaban J connectivity index is 1.24. The fourth-order valence-corrected chi connectivity index (χ4v) is 5.62. The van der Waals surface area contributed by atoms with Crippen molar-refractivity contribution < 1.29 is 23.1 Å². The lowest BCUT2D eigenvalue weighted by Crippen LogP contribution is -2.41. The fourth-order valence-electron chi connectivity index (χ4n) is 5.62. The number of aromatic nitrogens is 3. The lowest BCUT2D eigenvalue weighted by atomic mass is 9.71. The van der Waals surface area contributed by atoms with Gasteiger partial charge < -0.3 is 10.4 Å². The van der Waals surface area contributed by atoms with Crippen LogP contribution in [-0.4, -0.2) is 55.9 Å². The highest BCUT2D eigenvalue weighted by atomic mass is 19.4. The number of β-amino-alcohol motifs (C(OH)–C–C–N with tert-alkyl or cyclic N) is 1. The zero-order valence-electron chi connectivity index (χ0n) is 21.4. The number of aliphatic hydroxyl groups excluding tert-OH is 1. The first kappa shape index (κ1) is 26.8. The molecule has 11 heteroatoms. The van der Waals surface area contributed by atoms with Crippen molar-refractivity contribution in [2.45, 2.75) is 62.8 Å². The summed E-state index contributed by atoms with van der Waals surface area (Å²) >= 11 is 0. The molecule has 1 aliphatic carbocycles. The predicted octanol–water partition coefficient (Wildman–Crippen LogP) is 4.62. The number of hydrogen-bond acceptors (Lipinski definition) is 6. The van der Waals surface area contributed by atoms with Crippen LogP contribution in [0.5, 0.6) is 0 Å². The first-order valence-corrected chi connectivity index (χ1v) is 12.9. The predicted molar refractivity (Wildman–Crippen MR) is 137 cm³/mol. The molecular weight excluding hydrogens is 509 g/mol. The number of carbonyl (C=O) groups is 1. The second kappa shape index (κ2) is 10.4. The van der Waals surface area contributed by atoms with Crippen molar-refractivity contribution in [3.8, 4) is 11.8 Å². The van der Waals surface area contributed by atoms with E-state index in [4.69, 9.17) is 0 Å². The van der Waals surface area contributed by atoms with Gasteiger partial charge in [0, 0.05) is 19.1 Å². The van der Waals surface area contributed by atoms with Gasteiger partial charge in [-0.15, -0.1) is 0 Å². The maximum absolute atomic E-state index is 12.9. The van der Waals surface area contributed by atoms with E-state index < -0.39 is 23.1 Å². The van der Waals surface area contributed by atoms with E-state index in [0.29, 0.717) is 48.2 Å². The van der Waals surface area contributed by atoms with Crippen LogP contribution in [0.3, 0.4) is 0 Å². The number of rotatable bonds is 5. The Bertz CT molecular complexity index is 1370. The van der Waals surface area contributed by atoms with Crippen LogP contribution in [0.1, 0.15) is 59.4 Å². The smallest absolute Gasteiger partial charge is 0.392 e. The minimum Gasteiger partial charge on any atom is -0.392 e. The Morgan fingerprint density at radius 2 is 1.85 bits per heavy atom. The Hall–Kier alpha value is -3.75. The highest BCUT2D eigenvalue weighted by Crippen LogP contribution is 2.40. The number of likely N-dealkylation sites (tertiary alicyclic amines) is 1. The summed E-state index contributed by atoms with van der Waals surface area (Å²) in [5.74, 6) is -0.427. The van der Waals surface area contributed by atoms with E-state index in [9.17, 15) is 28.3 Å². The zero-order chi connectivity index (χ0) is 27.8. The molecule has 1 unspecified atom stereocenters. The summed E-state index contributed by atoms with van der Waals surface area (Å²) < 4.78 is 40.0. The third-order valence-corrected chi connectivity index (χ3v) is 7.94. The van der Waals surface area contributed by atoms with E-state index in [-0.39, 0.29) is 11.7 Å². The molecule has 2 aromatic heterocycles. The normalized spacial score (nSPS) is 23.9. The van der Waals surface area contributed by atoms with Crippen molar-refractivity contribution in [1.82, 2.24) is 19.7 Å². The number of nitriles is 1. The molecule has 2 aliphatic rings. The number of halogens is 3. The van der Waals surface area contributed by atoms with Gasteiger partial charge in [0.25, 0.3) is 5.91 Å². The van der Waals surface area contributed by atoms with Crippen molar-refractivity contribution in [2.75, 3.05) is 18.4 Å². The molecule has 1 aliphatic heterocycles. The van der Waals surface area contributed by atoms with Crippen LogP contribution in [0.25, 0.3) is 5.69 Å². The van der Waals surface area contributed by atoms with Crippen LogP contribution in [0.15, 0.2) is 48.8 Å². The summed E-state index contributed by atoms with van der Waals surface area (Å²) in [5.41, 5.74) is 0.843. The Morgan fingerprint density at radius 1 is 1.13 bits per heavy atom. The van der Waals surface area contributed by atoms with Crippen molar-refractivity contribution in [3.05, 3.63) is 71.3 Å². The summed E-state index contributed by atoms with van der Waals surface area (Å²) in [7, 11) is 0. The standard InChI is InChI=1S/C28H29F3N6O2/c1-18-24(15-34-37(18)22-5-2-19(3-6-22)28(29,30)31)26(39)35-20-4-7-25(33-14-20)27(17-32)11-8-21(9-12-27)36-13-10-23(38)16-36/h2-7,14-15,21,23,38H,8-13,16H2,1H3,(H,35,39)/t21-,23?,27-. The van der Waals surface area contributed by atoms with Crippen molar-refractivity contribution >= 4 is 11.6 Å². The summed E-state index contributed by atoms with van der Waals surface area (Å²) in [6, 6.07) is 10.9. The van der Waals surface area contributed by atoms with Gasteiger partial charge in [-0.2, -0.15) is 23.5 Å². The molecule has 2 fully saturated rings. The fraction of sp³-hybridized carbons (Fsp3) is 0.429. The number of benzene rings is 1. The molecule has 1 aromatic carbocycles. The Labute approximate surface area is 224 Å². The molecule has 5 rings (SSSR count). The van der Waals surface area contributed by atoms with Crippen LogP contribution >= 0.6 is 0 Å². The molecule has 8 nitrogen and oxygen atoms in total. The van der Waals surface area contributed by atoms with Crippen LogP contribution in [0.2, 0.25) is 0 Å². The van der Waals surface area contributed by atoms with Gasteiger partial charge in [-0.1, -0.05) is 0 Å². The number of alkyl halides is 3. The lowest BCUT2D eigenvalue weighted by molar-refractivity contribution is -0.137. The monoisotopic (exact) mass is 538 g/mol. The molecule has 204 valence electrons. The third kappa shape index (κ3) is 5.40. The van der Waals surface area contributed by atoms with E-state index in [2.05, 4.69) is 26.4 Å².